The van der Waals surface area contributed by atoms with Gasteiger partial charge < -0.3 is 10.2 Å². The summed E-state index contributed by atoms with van der Waals surface area (Å²) < 4.78 is 37.0. The molecule has 8 heteroatoms. The van der Waals surface area contributed by atoms with E-state index in [1.165, 1.54) is 18.3 Å². The van der Waals surface area contributed by atoms with Gasteiger partial charge in [-0.05, 0) is 24.3 Å². The first-order valence-electron chi connectivity index (χ1n) is 5.70. The fourth-order valence-corrected chi connectivity index (χ4v) is 1.44. The number of anilines is 1. The first-order valence-corrected chi connectivity index (χ1v) is 5.70. The molecular weight excluding hydrogens is 287 g/mol. The van der Waals surface area contributed by atoms with Gasteiger partial charge in [0.2, 0.25) is 0 Å². The minimum absolute atomic E-state index is 0.0954. The highest BCUT2D eigenvalue weighted by Gasteiger charge is 2.30. The summed E-state index contributed by atoms with van der Waals surface area (Å²) >= 11 is 0. The van der Waals surface area contributed by atoms with E-state index in [4.69, 9.17) is 5.11 Å². The number of aromatic hydroxyl groups is 2. The van der Waals surface area contributed by atoms with Gasteiger partial charge in [-0.25, -0.2) is 4.98 Å². The van der Waals surface area contributed by atoms with Crippen LogP contribution in [-0.4, -0.2) is 21.4 Å². The Morgan fingerprint density at radius 1 is 1.14 bits per heavy atom. The monoisotopic (exact) mass is 297 g/mol. The van der Waals surface area contributed by atoms with E-state index >= 15 is 0 Å². The second kappa shape index (κ2) is 5.70. The molecular formula is C13H10F3N3O2. The Labute approximate surface area is 117 Å². The van der Waals surface area contributed by atoms with Crippen molar-refractivity contribution >= 4 is 12.0 Å². The van der Waals surface area contributed by atoms with E-state index in [9.17, 15) is 18.3 Å². The number of hydrazone groups is 1. The number of halogens is 3. The number of pyridine rings is 1. The number of alkyl halides is 3. The smallest absolute Gasteiger partial charge is 0.417 e. The van der Waals surface area contributed by atoms with Crippen LogP contribution in [0.2, 0.25) is 0 Å². The third-order valence-electron chi connectivity index (χ3n) is 2.49. The topological polar surface area (TPSA) is 77.7 Å². The number of benzene rings is 1. The first kappa shape index (κ1) is 14.6. The maximum absolute atomic E-state index is 12.3. The zero-order valence-corrected chi connectivity index (χ0v) is 10.5. The minimum atomic E-state index is -4.44. The molecule has 3 N–H and O–H groups in total. The zero-order valence-electron chi connectivity index (χ0n) is 10.5. The molecule has 21 heavy (non-hydrogen) atoms. The molecule has 0 unspecified atom stereocenters. The van der Waals surface area contributed by atoms with Crippen molar-refractivity contribution in [1.82, 2.24) is 4.98 Å². The lowest BCUT2D eigenvalue weighted by Gasteiger charge is -2.06. The summed E-state index contributed by atoms with van der Waals surface area (Å²) in [6, 6.07) is 5.94. The van der Waals surface area contributed by atoms with Crippen LogP contribution in [0.4, 0.5) is 19.0 Å². The predicted octanol–water partition coefficient (Wildman–Crippen LogP) is 2.96. The van der Waals surface area contributed by atoms with Crippen molar-refractivity contribution in [3.05, 3.63) is 47.7 Å². The molecule has 1 aromatic heterocycles. The van der Waals surface area contributed by atoms with Gasteiger partial charge in [-0.15, -0.1) is 0 Å². The number of nitrogens with zero attached hydrogens (tertiary/aromatic N) is 2. The molecule has 0 atom stereocenters. The van der Waals surface area contributed by atoms with Crippen LogP contribution >= 0.6 is 0 Å². The zero-order chi connectivity index (χ0) is 15.5. The molecule has 2 aromatic rings. The minimum Gasteiger partial charge on any atom is -0.508 e. The van der Waals surface area contributed by atoms with Gasteiger partial charge in [0, 0.05) is 17.8 Å². The molecule has 1 aromatic carbocycles. The quantitative estimate of drug-likeness (QED) is 0.601. The summed E-state index contributed by atoms with van der Waals surface area (Å²) in [6.45, 7) is 0. The summed E-state index contributed by atoms with van der Waals surface area (Å²) in [4.78, 5) is 3.57. The third-order valence-corrected chi connectivity index (χ3v) is 2.49. The van der Waals surface area contributed by atoms with Crippen molar-refractivity contribution in [3.8, 4) is 11.5 Å². The molecule has 2 rings (SSSR count). The Kier molecular flexibility index (Phi) is 3.97. The van der Waals surface area contributed by atoms with Gasteiger partial charge in [0.15, 0.2) is 0 Å². The molecule has 0 amide bonds. The van der Waals surface area contributed by atoms with Crippen molar-refractivity contribution in [1.29, 1.82) is 0 Å². The molecule has 0 bridgehead atoms. The van der Waals surface area contributed by atoms with E-state index in [2.05, 4.69) is 15.5 Å². The predicted molar refractivity (Wildman–Crippen MR) is 70.2 cm³/mol. The maximum atomic E-state index is 12.3. The number of hydrogen-bond donors (Lipinski definition) is 3. The number of nitrogens with one attached hydrogen (secondary N) is 1. The van der Waals surface area contributed by atoms with Crippen molar-refractivity contribution in [3.63, 3.8) is 0 Å². The van der Waals surface area contributed by atoms with Gasteiger partial charge in [0.1, 0.15) is 17.3 Å². The number of rotatable bonds is 3. The van der Waals surface area contributed by atoms with Crippen LogP contribution < -0.4 is 5.43 Å². The number of hydrogen-bond acceptors (Lipinski definition) is 5. The lowest BCUT2D eigenvalue weighted by atomic mass is 10.2. The van der Waals surface area contributed by atoms with Gasteiger partial charge in [0.25, 0.3) is 0 Å². The normalized spacial score (nSPS) is 11.8. The van der Waals surface area contributed by atoms with Crippen LogP contribution in [0.15, 0.2) is 41.6 Å². The van der Waals surface area contributed by atoms with E-state index < -0.39 is 11.7 Å². The van der Waals surface area contributed by atoms with Crippen LogP contribution in [0.25, 0.3) is 0 Å². The molecule has 0 spiro atoms. The Balaban J connectivity index is 2.04. The molecule has 0 fully saturated rings. The van der Waals surface area contributed by atoms with Gasteiger partial charge in [0.05, 0.1) is 11.8 Å². The molecule has 0 saturated carbocycles. The maximum Gasteiger partial charge on any atom is 0.417 e. The van der Waals surface area contributed by atoms with Crippen molar-refractivity contribution in [2.45, 2.75) is 6.18 Å². The van der Waals surface area contributed by atoms with Gasteiger partial charge in [-0.1, -0.05) is 0 Å². The fraction of sp³-hybridized carbons (Fsp3) is 0.0769. The highest BCUT2D eigenvalue weighted by molar-refractivity contribution is 5.84. The molecule has 1 heterocycles. The van der Waals surface area contributed by atoms with Crippen molar-refractivity contribution in [2.75, 3.05) is 5.43 Å². The molecule has 0 saturated heterocycles. The molecule has 0 radical (unpaired) electrons. The highest BCUT2D eigenvalue weighted by atomic mass is 19.4. The summed E-state index contributed by atoms with van der Waals surface area (Å²) in [5.41, 5.74) is 1.90. The second-order valence-corrected chi connectivity index (χ2v) is 4.04. The third kappa shape index (κ3) is 3.85. The number of phenols is 2. The van der Waals surface area contributed by atoms with E-state index in [-0.39, 0.29) is 17.3 Å². The van der Waals surface area contributed by atoms with E-state index in [1.54, 1.807) is 0 Å². The molecule has 110 valence electrons. The average Bonchev–Trinajstić information content (AvgIpc) is 2.41. The molecule has 0 aliphatic carbocycles. The fourth-order valence-electron chi connectivity index (χ4n) is 1.44. The van der Waals surface area contributed by atoms with Crippen LogP contribution in [0.1, 0.15) is 11.1 Å². The average molecular weight is 297 g/mol. The lowest BCUT2D eigenvalue weighted by Crippen LogP contribution is -2.05. The molecule has 0 aliphatic rings. The SMILES string of the molecule is Oc1ccc(/C=N\Nc2ccc(C(F)(F)F)cn2)c(O)c1. The van der Waals surface area contributed by atoms with E-state index in [0.29, 0.717) is 11.8 Å². The first-order chi connectivity index (χ1) is 9.86. The van der Waals surface area contributed by atoms with Crippen molar-refractivity contribution in [2.24, 2.45) is 5.10 Å². The summed E-state index contributed by atoms with van der Waals surface area (Å²) in [7, 11) is 0. The van der Waals surface area contributed by atoms with E-state index in [1.807, 2.05) is 0 Å². The van der Waals surface area contributed by atoms with Gasteiger partial charge in [-0.2, -0.15) is 18.3 Å². The van der Waals surface area contributed by atoms with Gasteiger partial charge >= 0.3 is 6.18 Å². The summed E-state index contributed by atoms with van der Waals surface area (Å²) in [5.74, 6) is -0.152. The molecule has 5 nitrogen and oxygen atoms in total. The lowest BCUT2D eigenvalue weighted by molar-refractivity contribution is -0.137. The van der Waals surface area contributed by atoms with Crippen LogP contribution in [0, 0.1) is 0 Å². The molecule has 0 aliphatic heterocycles. The summed E-state index contributed by atoms with van der Waals surface area (Å²) in [6.07, 6.45) is -2.50. The van der Waals surface area contributed by atoms with Crippen LogP contribution in [0.5, 0.6) is 11.5 Å². The van der Waals surface area contributed by atoms with E-state index in [0.717, 1.165) is 18.2 Å². The number of aromatic nitrogens is 1. The number of phenolic OH excluding ortho intramolecular Hbond substituents is 2. The Morgan fingerprint density at radius 3 is 2.48 bits per heavy atom. The van der Waals surface area contributed by atoms with Crippen molar-refractivity contribution < 1.29 is 23.4 Å². The highest BCUT2D eigenvalue weighted by Crippen LogP contribution is 2.28. The Hall–Kier alpha value is -2.77. The Morgan fingerprint density at radius 2 is 1.90 bits per heavy atom. The van der Waals surface area contributed by atoms with Crippen LogP contribution in [-0.2, 0) is 6.18 Å². The second-order valence-electron chi connectivity index (χ2n) is 4.04. The Bertz CT molecular complexity index is 655. The van der Waals surface area contributed by atoms with Crippen LogP contribution in [0.3, 0.4) is 0 Å². The van der Waals surface area contributed by atoms with Gasteiger partial charge in [-0.3, -0.25) is 5.43 Å². The summed E-state index contributed by atoms with van der Waals surface area (Å²) in [5, 5.41) is 22.3. The standard InChI is InChI=1S/C13H10F3N3O2/c14-13(15,16)9-2-4-12(17-7-9)19-18-6-8-1-3-10(20)5-11(8)21/h1-7,20-21H,(H,17,19)/b18-6-. The largest absolute Gasteiger partial charge is 0.508 e.